The van der Waals surface area contributed by atoms with Crippen molar-refractivity contribution in [2.24, 2.45) is 0 Å². The smallest absolute Gasteiger partial charge is 0.160 e. The molecule has 2 aromatic rings. The zero-order chi connectivity index (χ0) is 18.4. The van der Waals surface area contributed by atoms with Gasteiger partial charge in [-0.1, -0.05) is 26.7 Å². The highest BCUT2D eigenvalue weighted by atomic mass is 16.5. The lowest BCUT2D eigenvalue weighted by Gasteiger charge is -2.16. The number of hydrogen-bond donors (Lipinski definition) is 2. The molecule has 0 saturated carbocycles. The van der Waals surface area contributed by atoms with Gasteiger partial charge in [0.15, 0.2) is 23.0 Å². The van der Waals surface area contributed by atoms with E-state index in [0.29, 0.717) is 17.9 Å². The second-order valence-corrected chi connectivity index (χ2v) is 6.26. The van der Waals surface area contributed by atoms with Crippen LogP contribution in [0, 0.1) is 0 Å². The molecule has 25 heavy (non-hydrogen) atoms. The van der Waals surface area contributed by atoms with Gasteiger partial charge in [0.2, 0.25) is 0 Å². The van der Waals surface area contributed by atoms with Crippen LogP contribution in [0.2, 0.25) is 0 Å². The highest BCUT2D eigenvalue weighted by molar-refractivity contribution is 5.51. The predicted molar refractivity (Wildman–Crippen MR) is 100 cm³/mol. The number of aryl methyl sites for hydroxylation is 2. The molecule has 0 radical (unpaired) electrons. The van der Waals surface area contributed by atoms with E-state index in [1.807, 2.05) is 12.1 Å². The molecule has 0 unspecified atom stereocenters. The maximum Gasteiger partial charge on any atom is 0.160 e. The number of methoxy groups -OCH3 is 2. The largest absolute Gasteiger partial charge is 0.504 e. The summed E-state index contributed by atoms with van der Waals surface area (Å²) in [6.45, 7) is 4.26. The summed E-state index contributed by atoms with van der Waals surface area (Å²) in [6.07, 6.45) is 4.50. The van der Waals surface area contributed by atoms with E-state index in [4.69, 9.17) is 9.47 Å². The Kier molecular flexibility index (Phi) is 6.57. The molecule has 2 aromatic carbocycles. The minimum absolute atomic E-state index is 0.145. The van der Waals surface area contributed by atoms with Gasteiger partial charge in [-0.2, -0.15) is 0 Å². The van der Waals surface area contributed by atoms with E-state index < -0.39 is 0 Å². The number of benzene rings is 2. The Labute approximate surface area is 150 Å². The summed E-state index contributed by atoms with van der Waals surface area (Å²) in [5, 5.41) is 20.4. The lowest BCUT2D eigenvalue weighted by Crippen LogP contribution is -2.01. The van der Waals surface area contributed by atoms with Crippen molar-refractivity contribution in [3.8, 4) is 23.0 Å². The highest BCUT2D eigenvalue weighted by Gasteiger charge is 2.14. The number of phenols is 2. The maximum absolute atomic E-state index is 10.2. The van der Waals surface area contributed by atoms with E-state index in [1.165, 1.54) is 0 Å². The molecule has 2 N–H and O–H groups in total. The third kappa shape index (κ3) is 4.38. The summed E-state index contributed by atoms with van der Waals surface area (Å²) >= 11 is 0. The molecule has 0 heterocycles. The quantitative estimate of drug-likeness (QED) is 0.734. The van der Waals surface area contributed by atoms with E-state index in [1.54, 1.807) is 26.4 Å². The van der Waals surface area contributed by atoms with Crippen LogP contribution in [0.15, 0.2) is 24.3 Å². The standard InChI is InChI=1S/C21H28O4/c1-5-7-14-12-20(24-3)18(22)10-16(14)9-17-11-19(23)21(25-4)13-15(17)8-6-2/h10-13,22-23H,5-9H2,1-4H3. The van der Waals surface area contributed by atoms with Crippen LogP contribution >= 0.6 is 0 Å². The summed E-state index contributed by atoms with van der Waals surface area (Å²) in [6, 6.07) is 7.38. The zero-order valence-electron chi connectivity index (χ0n) is 15.6. The monoisotopic (exact) mass is 344 g/mol. The van der Waals surface area contributed by atoms with Gasteiger partial charge >= 0.3 is 0 Å². The van der Waals surface area contributed by atoms with Crippen LogP contribution in [0.25, 0.3) is 0 Å². The summed E-state index contributed by atoms with van der Waals surface area (Å²) in [5.41, 5.74) is 4.44. The van der Waals surface area contributed by atoms with Gasteiger partial charge in [0.05, 0.1) is 14.2 Å². The van der Waals surface area contributed by atoms with Gasteiger partial charge in [-0.15, -0.1) is 0 Å². The molecule has 0 atom stereocenters. The summed E-state index contributed by atoms with van der Waals surface area (Å²) in [5.74, 6) is 1.29. The predicted octanol–water partition coefficient (Wildman–Crippen LogP) is 4.61. The van der Waals surface area contributed by atoms with Gasteiger partial charge in [-0.25, -0.2) is 0 Å². The van der Waals surface area contributed by atoms with Crippen molar-refractivity contribution in [1.82, 2.24) is 0 Å². The third-order valence-electron chi connectivity index (χ3n) is 4.42. The first kappa shape index (κ1) is 19.0. The summed E-state index contributed by atoms with van der Waals surface area (Å²) < 4.78 is 10.5. The van der Waals surface area contributed by atoms with E-state index in [9.17, 15) is 10.2 Å². The van der Waals surface area contributed by atoms with Gasteiger partial charge in [0.1, 0.15) is 0 Å². The Balaban J connectivity index is 2.47. The van der Waals surface area contributed by atoms with Crippen molar-refractivity contribution in [1.29, 1.82) is 0 Å². The molecule has 0 saturated heterocycles. The minimum Gasteiger partial charge on any atom is -0.504 e. The van der Waals surface area contributed by atoms with Crippen LogP contribution in [0.1, 0.15) is 48.9 Å². The average Bonchev–Trinajstić information content (AvgIpc) is 2.59. The van der Waals surface area contributed by atoms with Crippen LogP contribution in [0.3, 0.4) is 0 Å². The molecule has 0 spiro atoms. The maximum atomic E-state index is 10.2. The van der Waals surface area contributed by atoms with Gasteiger partial charge in [-0.05, 0) is 65.8 Å². The number of ether oxygens (including phenoxy) is 2. The molecule has 2 rings (SSSR count). The average molecular weight is 344 g/mol. The summed E-state index contributed by atoms with van der Waals surface area (Å²) in [7, 11) is 3.12. The number of aromatic hydroxyl groups is 2. The number of phenolic OH excluding ortho intramolecular Hbond substituents is 2. The molecular weight excluding hydrogens is 316 g/mol. The first-order valence-electron chi connectivity index (χ1n) is 8.81. The molecule has 4 nitrogen and oxygen atoms in total. The van der Waals surface area contributed by atoms with Crippen LogP contribution in [0.4, 0.5) is 0 Å². The lowest BCUT2D eigenvalue weighted by atomic mass is 9.92. The Bertz CT molecular complexity index is 661. The van der Waals surface area contributed by atoms with Crippen molar-refractivity contribution < 1.29 is 19.7 Å². The Morgan fingerprint density at radius 2 is 1.08 bits per heavy atom. The lowest BCUT2D eigenvalue weighted by molar-refractivity contribution is 0.372. The van der Waals surface area contributed by atoms with E-state index >= 15 is 0 Å². The van der Waals surface area contributed by atoms with Crippen molar-refractivity contribution in [2.75, 3.05) is 14.2 Å². The van der Waals surface area contributed by atoms with Crippen LogP contribution in [-0.4, -0.2) is 24.4 Å². The fraction of sp³-hybridized carbons (Fsp3) is 0.429. The molecule has 0 bridgehead atoms. The van der Waals surface area contributed by atoms with E-state index in [0.717, 1.165) is 47.9 Å². The summed E-state index contributed by atoms with van der Waals surface area (Å²) in [4.78, 5) is 0. The normalized spacial score (nSPS) is 10.7. The molecule has 0 aliphatic carbocycles. The molecule has 0 fully saturated rings. The van der Waals surface area contributed by atoms with E-state index in [-0.39, 0.29) is 11.5 Å². The molecule has 0 amide bonds. The second kappa shape index (κ2) is 8.65. The van der Waals surface area contributed by atoms with Crippen LogP contribution in [0.5, 0.6) is 23.0 Å². The fourth-order valence-electron chi connectivity index (χ4n) is 3.17. The minimum atomic E-state index is 0.145. The van der Waals surface area contributed by atoms with Crippen LogP contribution < -0.4 is 9.47 Å². The third-order valence-corrected chi connectivity index (χ3v) is 4.42. The Hall–Kier alpha value is -2.36. The van der Waals surface area contributed by atoms with Gasteiger partial charge in [0.25, 0.3) is 0 Å². The topological polar surface area (TPSA) is 58.9 Å². The highest BCUT2D eigenvalue weighted by Crippen LogP contribution is 2.35. The molecular formula is C21H28O4. The van der Waals surface area contributed by atoms with Gasteiger partial charge < -0.3 is 19.7 Å². The fourth-order valence-corrected chi connectivity index (χ4v) is 3.17. The SMILES string of the molecule is CCCc1cc(OC)c(O)cc1Cc1cc(O)c(OC)cc1CCC. The van der Waals surface area contributed by atoms with Crippen molar-refractivity contribution >= 4 is 0 Å². The molecule has 136 valence electrons. The van der Waals surface area contributed by atoms with Gasteiger partial charge in [-0.3, -0.25) is 0 Å². The first-order chi connectivity index (χ1) is 12.0. The first-order valence-corrected chi connectivity index (χ1v) is 8.81. The van der Waals surface area contributed by atoms with E-state index in [2.05, 4.69) is 13.8 Å². The Morgan fingerprint density at radius 3 is 1.40 bits per heavy atom. The van der Waals surface area contributed by atoms with Crippen molar-refractivity contribution in [3.63, 3.8) is 0 Å². The molecule has 0 aromatic heterocycles. The number of hydrogen-bond acceptors (Lipinski definition) is 4. The van der Waals surface area contributed by atoms with Gasteiger partial charge in [0, 0.05) is 0 Å². The molecule has 0 aliphatic heterocycles. The second-order valence-electron chi connectivity index (χ2n) is 6.26. The molecule has 4 heteroatoms. The van der Waals surface area contributed by atoms with Crippen molar-refractivity contribution in [2.45, 2.75) is 46.0 Å². The Morgan fingerprint density at radius 1 is 0.680 bits per heavy atom. The number of rotatable bonds is 8. The molecule has 0 aliphatic rings. The van der Waals surface area contributed by atoms with Crippen molar-refractivity contribution in [3.05, 3.63) is 46.5 Å². The zero-order valence-corrected chi connectivity index (χ0v) is 15.6. The van der Waals surface area contributed by atoms with Crippen LogP contribution in [-0.2, 0) is 19.3 Å².